The van der Waals surface area contributed by atoms with E-state index in [2.05, 4.69) is 12.1 Å². The average Bonchev–Trinajstić information content (AvgIpc) is 2.88. The molecule has 0 radical (unpaired) electrons. The highest BCUT2D eigenvalue weighted by molar-refractivity contribution is 7.80. The lowest BCUT2D eigenvalue weighted by Crippen LogP contribution is -2.04. The summed E-state index contributed by atoms with van der Waals surface area (Å²) in [6, 6.07) is 5.04. The minimum atomic E-state index is 0.282. The van der Waals surface area contributed by atoms with Gasteiger partial charge in [-0.15, -0.1) is 0 Å². The molecule has 0 saturated heterocycles. The molecule has 218 valence electrons. The summed E-state index contributed by atoms with van der Waals surface area (Å²) in [6.45, 7) is 5.71. The number of rotatable bonds is 24. The van der Waals surface area contributed by atoms with Gasteiger partial charge in [0.05, 0.1) is 13.2 Å². The third-order valence-corrected chi connectivity index (χ3v) is 7.26. The van der Waals surface area contributed by atoms with Crippen LogP contribution in [-0.2, 0) is 35.2 Å². The molecule has 0 fully saturated rings. The van der Waals surface area contributed by atoms with E-state index >= 15 is 0 Å². The molecule has 4 nitrogen and oxygen atoms in total. The molecule has 0 heterocycles. The molecule has 0 aliphatic heterocycles. The molecule has 6 heteroatoms. The standard InChI is InChI=1S/C32H54O4S2/c1-27(37)35-23-15-5-3-9-17-29-25-31(19-11-7-13-21-33)32(20-12-8-14-22-34)26-30(29)18-10-4-6-16-24-36-28(2)38/h25-26,33-34H,3-24H2,1-2H3. The maximum atomic E-state index is 9.19. The van der Waals surface area contributed by atoms with Crippen molar-refractivity contribution in [1.29, 1.82) is 0 Å². The molecule has 0 aromatic heterocycles. The van der Waals surface area contributed by atoms with E-state index in [9.17, 15) is 10.2 Å². The van der Waals surface area contributed by atoms with Gasteiger partial charge >= 0.3 is 0 Å². The molecule has 0 aliphatic rings. The van der Waals surface area contributed by atoms with Gasteiger partial charge in [0.25, 0.3) is 0 Å². The van der Waals surface area contributed by atoms with Crippen LogP contribution in [0.4, 0.5) is 0 Å². The number of aliphatic hydroxyl groups excluding tert-OH is 2. The van der Waals surface area contributed by atoms with Gasteiger partial charge in [-0.25, -0.2) is 0 Å². The molecule has 0 bridgehead atoms. The number of ether oxygens (including phenoxy) is 2. The van der Waals surface area contributed by atoms with Gasteiger partial charge in [0.15, 0.2) is 10.1 Å². The molecular weight excluding hydrogens is 512 g/mol. The number of hydrogen-bond acceptors (Lipinski definition) is 6. The highest BCUT2D eigenvalue weighted by atomic mass is 32.1. The first-order valence-corrected chi connectivity index (χ1v) is 15.9. The largest absolute Gasteiger partial charge is 0.487 e. The topological polar surface area (TPSA) is 58.9 Å². The fourth-order valence-corrected chi connectivity index (χ4v) is 5.07. The van der Waals surface area contributed by atoms with Crippen LogP contribution in [0.2, 0.25) is 0 Å². The Morgan fingerprint density at radius 1 is 0.500 bits per heavy atom. The Morgan fingerprint density at radius 3 is 1.08 bits per heavy atom. The van der Waals surface area contributed by atoms with Crippen molar-refractivity contribution in [3.05, 3.63) is 34.4 Å². The molecule has 0 amide bonds. The smallest absolute Gasteiger partial charge is 0.156 e. The van der Waals surface area contributed by atoms with Gasteiger partial charge in [0.1, 0.15) is 0 Å². The predicted octanol–water partition coefficient (Wildman–Crippen LogP) is 8.03. The third-order valence-electron chi connectivity index (χ3n) is 7.02. The monoisotopic (exact) mass is 566 g/mol. The molecule has 1 aromatic rings. The molecule has 1 aromatic carbocycles. The first-order chi connectivity index (χ1) is 18.5. The van der Waals surface area contributed by atoms with Crippen LogP contribution in [0.15, 0.2) is 12.1 Å². The van der Waals surface area contributed by atoms with Crippen LogP contribution in [0.3, 0.4) is 0 Å². The van der Waals surface area contributed by atoms with Crippen molar-refractivity contribution < 1.29 is 19.7 Å². The van der Waals surface area contributed by atoms with Gasteiger partial charge in [-0.2, -0.15) is 0 Å². The Balaban J connectivity index is 2.82. The summed E-state index contributed by atoms with van der Waals surface area (Å²) in [6.07, 6.45) is 20.0. The Bertz CT molecular complexity index is 703. The van der Waals surface area contributed by atoms with E-state index in [0.717, 1.165) is 90.3 Å². The van der Waals surface area contributed by atoms with E-state index in [0.29, 0.717) is 10.1 Å². The Hall–Kier alpha value is -1.08. The first-order valence-electron chi connectivity index (χ1n) is 15.1. The van der Waals surface area contributed by atoms with Crippen LogP contribution in [0.1, 0.15) is 126 Å². The van der Waals surface area contributed by atoms with Crippen molar-refractivity contribution in [2.45, 2.75) is 129 Å². The molecule has 0 saturated carbocycles. The van der Waals surface area contributed by atoms with E-state index in [4.69, 9.17) is 33.9 Å². The molecule has 2 N–H and O–H groups in total. The number of aliphatic hydroxyl groups is 2. The first kappa shape index (κ1) is 34.9. The van der Waals surface area contributed by atoms with Crippen molar-refractivity contribution >= 4 is 34.5 Å². The summed E-state index contributed by atoms with van der Waals surface area (Å²) >= 11 is 10.00. The van der Waals surface area contributed by atoms with Crippen LogP contribution < -0.4 is 0 Å². The summed E-state index contributed by atoms with van der Waals surface area (Å²) in [4.78, 5) is 0. The number of benzene rings is 1. The Kier molecular flexibility index (Phi) is 21.9. The van der Waals surface area contributed by atoms with Gasteiger partial charge in [-0.3, -0.25) is 0 Å². The van der Waals surface area contributed by atoms with E-state index < -0.39 is 0 Å². The van der Waals surface area contributed by atoms with Gasteiger partial charge in [-0.1, -0.05) is 50.7 Å². The minimum absolute atomic E-state index is 0.282. The van der Waals surface area contributed by atoms with Crippen molar-refractivity contribution in [2.75, 3.05) is 26.4 Å². The Labute approximate surface area is 243 Å². The van der Waals surface area contributed by atoms with Gasteiger partial charge < -0.3 is 19.7 Å². The fourth-order valence-electron chi connectivity index (χ4n) is 4.90. The molecule has 0 atom stereocenters. The van der Waals surface area contributed by atoms with Crippen LogP contribution in [0.25, 0.3) is 0 Å². The fraction of sp³-hybridized carbons (Fsp3) is 0.750. The Morgan fingerprint density at radius 2 is 0.789 bits per heavy atom. The number of unbranched alkanes of at least 4 members (excludes halogenated alkanes) is 10. The second-order valence-electron chi connectivity index (χ2n) is 10.5. The maximum absolute atomic E-state index is 9.19. The van der Waals surface area contributed by atoms with E-state index in [1.165, 1.54) is 60.8 Å². The highest BCUT2D eigenvalue weighted by Crippen LogP contribution is 2.25. The second kappa shape index (κ2) is 23.8. The zero-order chi connectivity index (χ0) is 27.8. The van der Waals surface area contributed by atoms with Gasteiger partial charge in [-0.05, 0) is 124 Å². The second-order valence-corrected chi connectivity index (χ2v) is 11.6. The highest BCUT2D eigenvalue weighted by Gasteiger charge is 2.11. The zero-order valence-electron chi connectivity index (χ0n) is 24.2. The lowest BCUT2D eigenvalue weighted by molar-refractivity contribution is 0.282. The summed E-state index contributed by atoms with van der Waals surface area (Å²) in [7, 11) is 0. The van der Waals surface area contributed by atoms with Gasteiger partial charge in [0.2, 0.25) is 0 Å². The van der Waals surface area contributed by atoms with E-state index in [1.807, 2.05) is 13.8 Å². The predicted molar refractivity (Wildman–Crippen MR) is 169 cm³/mol. The number of hydrogen-bond donors (Lipinski definition) is 2. The minimum Gasteiger partial charge on any atom is -0.487 e. The van der Waals surface area contributed by atoms with Crippen molar-refractivity contribution in [3.8, 4) is 0 Å². The number of aryl methyl sites for hydroxylation is 4. The van der Waals surface area contributed by atoms with Crippen LogP contribution in [0, 0.1) is 0 Å². The van der Waals surface area contributed by atoms with E-state index in [1.54, 1.807) is 0 Å². The SMILES string of the molecule is CC(=S)OCCCCCCc1cc(CCCCCO)c(CCCCCO)cc1CCCCCCOC(C)=S. The molecule has 0 aliphatic carbocycles. The third kappa shape index (κ3) is 18.3. The molecule has 0 spiro atoms. The molecule has 1 rings (SSSR count). The zero-order valence-corrected chi connectivity index (χ0v) is 25.9. The normalized spacial score (nSPS) is 11.1. The summed E-state index contributed by atoms with van der Waals surface area (Å²) < 4.78 is 10.9. The van der Waals surface area contributed by atoms with Crippen LogP contribution >= 0.6 is 24.4 Å². The lowest BCUT2D eigenvalue weighted by atomic mass is 9.88. The van der Waals surface area contributed by atoms with Crippen molar-refractivity contribution in [2.24, 2.45) is 0 Å². The summed E-state index contributed by atoms with van der Waals surface area (Å²) in [5.74, 6) is 0. The van der Waals surface area contributed by atoms with Crippen LogP contribution in [0.5, 0.6) is 0 Å². The van der Waals surface area contributed by atoms with E-state index in [-0.39, 0.29) is 13.2 Å². The average molecular weight is 567 g/mol. The number of thiocarbonyl (C=S) groups is 2. The lowest BCUT2D eigenvalue weighted by Gasteiger charge is -2.18. The summed E-state index contributed by atoms with van der Waals surface area (Å²) in [5, 5.41) is 19.7. The summed E-state index contributed by atoms with van der Waals surface area (Å²) in [5.41, 5.74) is 6.07. The molecular formula is C32H54O4S2. The quantitative estimate of drug-likeness (QED) is 0.0976. The van der Waals surface area contributed by atoms with Crippen molar-refractivity contribution in [3.63, 3.8) is 0 Å². The molecule has 38 heavy (non-hydrogen) atoms. The molecule has 0 unspecified atom stereocenters. The van der Waals surface area contributed by atoms with Crippen molar-refractivity contribution in [1.82, 2.24) is 0 Å². The van der Waals surface area contributed by atoms with Crippen LogP contribution in [-0.4, -0.2) is 46.7 Å². The van der Waals surface area contributed by atoms with Gasteiger partial charge in [0, 0.05) is 27.1 Å². The maximum Gasteiger partial charge on any atom is 0.156 e.